The third kappa shape index (κ3) is 5.74. The molecule has 1 unspecified atom stereocenters. The van der Waals surface area contributed by atoms with E-state index in [0.29, 0.717) is 0 Å². The first kappa shape index (κ1) is 16.2. The van der Waals surface area contributed by atoms with E-state index < -0.39 is 15.9 Å². The van der Waals surface area contributed by atoms with Crippen LogP contribution in [0.15, 0.2) is 18.2 Å². The number of benzene rings is 1. The average molecular weight is 283 g/mol. The number of hydrogen-bond acceptors (Lipinski definition) is 3. The topological polar surface area (TPSA) is 60.2 Å². The number of rotatable bonds is 7. The van der Waals surface area contributed by atoms with E-state index in [4.69, 9.17) is 5.73 Å². The van der Waals surface area contributed by atoms with Gasteiger partial charge in [-0.25, -0.2) is 8.42 Å². The maximum absolute atomic E-state index is 12.0. The predicted octanol–water partition coefficient (Wildman–Crippen LogP) is 2.91. The van der Waals surface area contributed by atoms with Gasteiger partial charge < -0.3 is 5.73 Å². The molecule has 1 rings (SSSR count). The normalized spacial score (nSPS) is 13.5. The Balaban J connectivity index is 2.70. The molecule has 0 aliphatic rings. The second-order valence-electron chi connectivity index (χ2n) is 5.35. The van der Waals surface area contributed by atoms with Gasteiger partial charge in [0, 0.05) is 6.04 Å². The van der Waals surface area contributed by atoms with Crippen LogP contribution in [-0.2, 0) is 9.84 Å². The SMILES string of the molecule is CCCCCS(=O)(=O)CC(N)c1cc(C)cc(C)c1. The monoisotopic (exact) mass is 283 g/mol. The van der Waals surface area contributed by atoms with Crippen molar-refractivity contribution in [3.63, 3.8) is 0 Å². The summed E-state index contributed by atoms with van der Waals surface area (Å²) in [5.41, 5.74) is 9.20. The molecule has 4 heteroatoms. The highest BCUT2D eigenvalue weighted by atomic mass is 32.2. The van der Waals surface area contributed by atoms with Crippen LogP contribution < -0.4 is 5.73 Å². The molecule has 0 aliphatic heterocycles. The standard InChI is InChI=1S/C15H25NO2S/c1-4-5-6-7-19(17,18)11-15(16)14-9-12(2)8-13(3)10-14/h8-10,15H,4-7,11,16H2,1-3H3. The summed E-state index contributed by atoms with van der Waals surface area (Å²) in [4.78, 5) is 0. The van der Waals surface area contributed by atoms with Crippen LogP contribution in [0, 0.1) is 13.8 Å². The van der Waals surface area contributed by atoms with Gasteiger partial charge in [0.1, 0.15) is 0 Å². The molecule has 19 heavy (non-hydrogen) atoms. The number of hydrogen-bond donors (Lipinski definition) is 1. The van der Waals surface area contributed by atoms with Crippen LogP contribution in [0.5, 0.6) is 0 Å². The number of unbranched alkanes of at least 4 members (excludes halogenated alkanes) is 2. The van der Waals surface area contributed by atoms with E-state index in [2.05, 4.69) is 13.0 Å². The Labute approximate surface area is 117 Å². The van der Waals surface area contributed by atoms with Crippen molar-refractivity contribution >= 4 is 9.84 Å². The Morgan fingerprint density at radius 2 is 1.68 bits per heavy atom. The molecule has 108 valence electrons. The fourth-order valence-corrected chi connectivity index (χ4v) is 3.80. The molecule has 0 amide bonds. The molecular formula is C15H25NO2S. The van der Waals surface area contributed by atoms with Gasteiger partial charge in [-0.2, -0.15) is 0 Å². The maximum Gasteiger partial charge on any atom is 0.152 e. The van der Waals surface area contributed by atoms with E-state index in [1.54, 1.807) is 0 Å². The molecule has 0 heterocycles. The summed E-state index contributed by atoms with van der Waals surface area (Å²) in [5.74, 6) is 0.291. The van der Waals surface area contributed by atoms with Gasteiger partial charge in [0.05, 0.1) is 11.5 Å². The molecule has 0 bridgehead atoms. The highest BCUT2D eigenvalue weighted by molar-refractivity contribution is 7.91. The first-order valence-corrected chi connectivity index (χ1v) is 8.70. The molecule has 1 aromatic carbocycles. The smallest absolute Gasteiger partial charge is 0.152 e. The Hall–Kier alpha value is -0.870. The lowest BCUT2D eigenvalue weighted by molar-refractivity contribution is 0.584. The van der Waals surface area contributed by atoms with Crippen molar-refractivity contribution in [3.8, 4) is 0 Å². The lowest BCUT2D eigenvalue weighted by Crippen LogP contribution is -2.23. The van der Waals surface area contributed by atoms with Gasteiger partial charge in [0.25, 0.3) is 0 Å². The van der Waals surface area contributed by atoms with E-state index in [-0.39, 0.29) is 11.5 Å². The van der Waals surface area contributed by atoms with E-state index in [1.807, 2.05) is 26.0 Å². The fourth-order valence-electron chi connectivity index (χ4n) is 2.25. The molecule has 0 aromatic heterocycles. The minimum Gasteiger partial charge on any atom is -0.323 e. The lowest BCUT2D eigenvalue weighted by Gasteiger charge is -2.14. The average Bonchev–Trinajstić information content (AvgIpc) is 2.27. The summed E-state index contributed by atoms with van der Waals surface area (Å²) < 4.78 is 24.0. The second kappa shape index (κ2) is 7.06. The Bertz CT molecular complexity index is 489. The molecule has 0 fully saturated rings. The van der Waals surface area contributed by atoms with Crippen LogP contribution in [0.2, 0.25) is 0 Å². The zero-order chi connectivity index (χ0) is 14.5. The third-order valence-corrected chi connectivity index (χ3v) is 4.94. The van der Waals surface area contributed by atoms with E-state index >= 15 is 0 Å². The van der Waals surface area contributed by atoms with Crippen LogP contribution in [0.25, 0.3) is 0 Å². The molecular weight excluding hydrogens is 258 g/mol. The summed E-state index contributed by atoms with van der Waals surface area (Å²) in [6, 6.07) is 5.58. The lowest BCUT2D eigenvalue weighted by atomic mass is 10.0. The van der Waals surface area contributed by atoms with Gasteiger partial charge in [-0.15, -0.1) is 0 Å². The van der Waals surface area contributed by atoms with Crippen LogP contribution in [-0.4, -0.2) is 19.9 Å². The van der Waals surface area contributed by atoms with Gasteiger partial charge in [-0.3, -0.25) is 0 Å². The highest BCUT2D eigenvalue weighted by Crippen LogP contribution is 2.17. The van der Waals surface area contributed by atoms with E-state index in [1.165, 1.54) is 0 Å². The van der Waals surface area contributed by atoms with Gasteiger partial charge in [-0.1, -0.05) is 49.1 Å². The minimum atomic E-state index is -3.05. The van der Waals surface area contributed by atoms with Crippen molar-refractivity contribution in [2.45, 2.75) is 46.1 Å². The maximum atomic E-state index is 12.0. The molecule has 3 nitrogen and oxygen atoms in total. The molecule has 0 spiro atoms. The molecule has 0 saturated carbocycles. The molecule has 1 atom stereocenters. The fraction of sp³-hybridized carbons (Fsp3) is 0.600. The predicted molar refractivity (Wildman–Crippen MR) is 81.0 cm³/mol. The largest absolute Gasteiger partial charge is 0.323 e. The molecule has 0 saturated heterocycles. The number of sulfone groups is 1. The van der Waals surface area contributed by atoms with Crippen LogP contribution in [0.4, 0.5) is 0 Å². The number of nitrogens with two attached hydrogens (primary N) is 1. The zero-order valence-corrected chi connectivity index (χ0v) is 13.0. The van der Waals surface area contributed by atoms with E-state index in [0.717, 1.165) is 36.0 Å². The summed E-state index contributed by atoms with van der Waals surface area (Å²) in [7, 11) is -3.05. The Morgan fingerprint density at radius 1 is 1.11 bits per heavy atom. The van der Waals surface area contributed by atoms with Gasteiger partial charge in [-0.05, 0) is 25.8 Å². The van der Waals surface area contributed by atoms with Crippen LogP contribution in [0.3, 0.4) is 0 Å². The van der Waals surface area contributed by atoms with Crippen LogP contribution in [0.1, 0.15) is 48.9 Å². The quantitative estimate of drug-likeness (QED) is 0.783. The van der Waals surface area contributed by atoms with Crippen molar-refractivity contribution in [1.82, 2.24) is 0 Å². The molecule has 1 aromatic rings. The Morgan fingerprint density at radius 3 is 2.21 bits per heavy atom. The van der Waals surface area contributed by atoms with Crippen molar-refractivity contribution in [3.05, 3.63) is 34.9 Å². The Kier molecular flexibility index (Phi) is 6.01. The molecule has 0 aliphatic carbocycles. The highest BCUT2D eigenvalue weighted by Gasteiger charge is 2.17. The molecule has 0 radical (unpaired) electrons. The van der Waals surface area contributed by atoms with E-state index in [9.17, 15) is 8.42 Å². The first-order chi connectivity index (χ1) is 8.84. The number of aryl methyl sites for hydroxylation is 2. The van der Waals surface area contributed by atoms with Crippen molar-refractivity contribution in [2.75, 3.05) is 11.5 Å². The summed E-state index contributed by atoms with van der Waals surface area (Å²) in [6.07, 6.45) is 2.72. The van der Waals surface area contributed by atoms with Gasteiger partial charge in [0.15, 0.2) is 9.84 Å². The van der Waals surface area contributed by atoms with Gasteiger partial charge >= 0.3 is 0 Å². The summed E-state index contributed by atoms with van der Waals surface area (Å²) in [6.45, 7) is 6.06. The van der Waals surface area contributed by atoms with Crippen molar-refractivity contribution in [2.24, 2.45) is 5.73 Å². The summed E-state index contributed by atoms with van der Waals surface area (Å²) >= 11 is 0. The second-order valence-corrected chi connectivity index (χ2v) is 7.58. The van der Waals surface area contributed by atoms with Crippen molar-refractivity contribution < 1.29 is 8.42 Å². The third-order valence-electron chi connectivity index (χ3n) is 3.16. The zero-order valence-electron chi connectivity index (χ0n) is 12.1. The molecule has 2 N–H and O–H groups in total. The van der Waals surface area contributed by atoms with Crippen LogP contribution >= 0.6 is 0 Å². The summed E-state index contributed by atoms with van der Waals surface area (Å²) in [5, 5.41) is 0. The minimum absolute atomic E-state index is 0.0413. The van der Waals surface area contributed by atoms with Gasteiger partial charge in [0.2, 0.25) is 0 Å². The van der Waals surface area contributed by atoms with Crippen molar-refractivity contribution in [1.29, 1.82) is 0 Å². The first-order valence-electron chi connectivity index (χ1n) is 6.88.